The predicted molar refractivity (Wildman–Crippen MR) is 147 cm³/mol. The number of rotatable bonds is 9. The minimum absolute atomic E-state index is 0.00256. The molecular weight excluding hydrogens is 533 g/mol. The van der Waals surface area contributed by atoms with Crippen LogP contribution in [0.5, 0.6) is 0 Å². The number of nitrogens with one attached hydrogen (secondary N) is 1. The molecule has 0 aliphatic carbocycles. The van der Waals surface area contributed by atoms with E-state index in [2.05, 4.69) is 5.32 Å². The van der Waals surface area contributed by atoms with Crippen LogP contribution in [0.3, 0.4) is 0 Å². The van der Waals surface area contributed by atoms with Gasteiger partial charge in [-0.1, -0.05) is 76.8 Å². The Labute approximate surface area is 228 Å². The number of aryl methyl sites for hydroxylation is 2. The highest BCUT2D eigenvalue weighted by molar-refractivity contribution is 7.92. The summed E-state index contributed by atoms with van der Waals surface area (Å²) in [7, 11) is -2.75. The number of carbonyl (C=O) groups excluding carboxylic acids is 2. The van der Waals surface area contributed by atoms with Gasteiger partial charge in [0.15, 0.2) is 0 Å². The van der Waals surface area contributed by atoms with Crippen molar-refractivity contribution >= 4 is 50.7 Å². The van der Waals surface area contributed by atoms with E-state index in [9.17, 15) is 18.0 Å². The summed E-state index contributed by atoms with van der Waals surface area (Å²) in [6.07, 6.45) is 0. The van der Waals surface area contributed by atoms with Gasteiger partial charge in [0.2, 0.25) is 11.8 Å². The molecule has 0 unspecified atom stereocenters. The predicted octanol–water partition coefficient (Wildman–Crippen LogP) is 4.97. The Morgan fingerprint density at radius 3 is 2.22 bits per heavy atom. The van der Waals surface area contributed by atoms with Crippen molar-refractivity contribution < 1.29 is 18.0 Å². The first-order chi connectivity index (χ1) is 17.4. The third kappa shape index (κ3) is 6.63. The summed E-state index contributed by atoms with van der Waals surface area (Å²) in [6.45, 7) is 4.88. The molecule has 3 aromatic carbocycles. The van der Waals surface area contributed by atoms with Crippen LogP contribution >= 0.6 is 23.2 Å². The van der Waals surface area contributed by atoms with Crippen LogP contribution < -0.4 is 9.62 Å². The van der Waals surface area contributed by atoms with Gasteiger partial charge in [-0.3, -0.25) is 13.9 Å². The molecule has 0 bridgehead atoms. The van der Waals surface area contributed by atoms with Crippen LogP contribution in [0, 0.1) is 13.8 Å². The van der Waals surface area contributed by atoms with Crippen LogP contribution in [-0.4, -0.2) is 44.8 Å². The maximum absolute atomic E-state index is 13.8. The van der Waals surface area contributed by atoms with Crippen molar-refractivity contribution in [2.24, 2.45) is 0 Å². The van der Waals surface area contributed by atoms with E-state index in [4.69, 9.17) is 23.2 Å². The molecule has 0 fully saturated rings. The molecule has 0 radical (unpaired) electrons. The minimum Gasteiger partial charge on any atom is -0.357 e. The van der Waals surface area contributed by atoms with Crippen molar-refractivity contribution in [2.45, 2.75) is 38.3 Å². The molecule has 10 heteroatoms. The summed E-state index contributed by atoms with van der Waals surface area (Å²) in [4.78, 5) is 27.7. The van der Waals surface area contributed by atoms with Crippen molar-refractivity contribution in [3.63, 3.8) is 0 Å². The Bertz CT molecular complexity index is 1400. The van der Waals surface area contributed by atoms with Gasteiger partial charge in [0, 0.05) is 13.6 Å². The Hall–Kier alpha value is -3.07. The molecule has 3 rings (SSSR count). The van der Waals surface area contributed by atoms with Gasteiger partial charge >= 0.3 is 0 Å². The normalized spacial score (nSPS) is 12.1. The van der Waals surface area contributed by atoms with E-state index in [1.54, 1.807) is 25.1 Å². The second kappa shape index (κ2) is 12.0. The fraction of sp³-hybridized carbons (Fsp3) is 0.259. The highest BCUT2D eigenvalue weighted by Gasteiger charge is 2.33. The molecule has 1 atom stereocenters. The molecule has 0 heterocycles. The van der Waals surface area contributed by atoms with Gasteiger partial charge in [-0.2, -0.15) is 0 Å². The molecule has 0 spiro atoms. The van der Waals surface area contributed by atoms with Gasteiger partial charge in [0.05, 0.1) is 20.6 Å². The number of likely N-dealkylation sites (N-methyl/N-ethyl adjacent to an activating group) is 1. The van der Waals surface area contributed by atoms with Gasteiger partial charge in [-0.05, 0) is 50.6 Å². The number of benzene rings is 3. The van der Waals surface area contributed by atoms with E-state index in [0.29, 0.717) is 0 Å². The molecule has 0 aliphatic heterocycles. The fourth-order valence-corrected chi connectivity index (χ4v) is 5.71. The maximum Gasteiger partial charge on any atom is 0.264 e. The number of anilines is 1. The molecule has 2 amide bonds. The first-order valence-electron chi connectivity index (χ1n) is 11.6. The highest BCUT2D eigenvalue weighted by atomic mass is 35.5. The van der Waals surface area contributed by atoms with Crippen molar-refractivity contribution in [1.82, 2.24) is 10.2 Å². The van der Waals surface area contributed by atoms with E-state index in [1.165, 1.54) is 36.2 Å². The van der Waals surface area contributed by atoms with Crippen LogP contribution in [0.2, 0.25) is 10.0 Å². The molecule has 1 N–H and O–H groups in total. The first kappa shape index (κ1) is 28.5. The number of amides is 2. The van der Waals surface area contributed by atoms with Gasteiger partial charge in [-0.15, -0.1) is 0 Å². The maximum atomic E-state index is 13.8. The van der Waals surface area contributed by atoms with Crippen molar-refractivity contribution in [3.8, 4) is 0 Å². The summed E-state index contributed by atoms with van der Waals surface area (Å²) < 4.78 is 28.5. The van der Waals surface area contributed by atoms with Gasteiger partial charge < -0.3 is 10.2 Å². The fourth-order valence-electron chi connectivity index (χ4n) is 3.83. The summed E-state index contributed by atoms with van der Waals surface area (Å²) >= 11 is 12.6. The third-order valence-corrected chi connectivity index (χ3v) is 8.52. The molecule has 3 aromatic rings. The minimum atomic E-state index is -4.23. The van der Waals surface area contributed by atoms with Gasteiger partial charge in [-0.25, -0.2) is 8.42 Å². The zero-order chi connectivity index (χ0) is 27.3. The lowest BCUT2D eigenvalue weighted by Gasteiger charge is -2.32. The number of hydrogen-bond donors (Lipinski definition) is 1. The van der Waals surface area contributed by atoms with E-state index in [0.717, 1.165) is 21.0 Å². The zero-order valence-electron chi connectivity index (χ0n) is 21.0. The largest absolute Gasteiger partial charge is 0.357 e. The lowest BCUT2D eigenvalue weighted by molar-refractivity contribution is -0.139. The summed E-state index contributed by atoms with van der Waals surface area (Å²) in [5.74, 6) is -0.959. The van der Waals surface area contributed by atoms with E-state index in [-0.39, 0.29) is 33.1 Å². The molecule has 0 saturated heterocycles. The molecule has 0 saturated carbocycles. The quantitative estimate of drug-likeness (QED) is 0.399. The smallest absolute Gasteiger partial charge is 0.264 e. The molecule has 0 aromatic heterocycles. The number of carbonyl (C=O) groups is 2. The van der Waals surface area contributed by atoms with Gasteiger partial charge in [0.1, 0.15) is 12.6 Å². The topological polar surface area (TPSA) is 86.8 Å². The van der Waals surface area contributed by atoms with Crippen LogP contribution in [0.1, 0.15) is 23.6 Å². The lowest BCUT2D eigenvalue weighted by atomic mass is 10.1. The first-order valence-corrected chi connectivity index (χ1v) is 13.7. The lowest BCUT2D eigenvalue weighted by Crippen LogP contribution is -2.50. The Morgan fingerprint density at radius 1 is 0.946 bits per heavy atom. The van der Waals surface area contributed by atoms with Crippen LogP contribution in [0.4, 0.5) is 5.69 Å². The Kier molecular flexibility index (Phi) is 9.23. The monoisotopic (exact) mass is 561 g/mol. The van der Waals surface area contributed by atoms with Gasteiger partial charge in [0.25, 0.3) is 10.0 Å². The van der Waals surface area contributed by atoms with E-state index >= 15 is 0 Å². The standard InChI is InChI=1S/C27H29Cl2N3O4S/c1-18-11-13-22(14-12-18)37(35,36)32(24-10-6-9-23(28)26(24)29)17-25(33)31(20(3)27(34)30-4)16-21-8-5-7-19(2)15-21/h5-15,20H,16-17H2,1-4H3,(H,30,34)/t20-/m1/s1. The Morgan fingerprint density at radius 2 is 1.59 bits per heavy atom. The van der Waals surface area contributed by atoms with Crippen LogP contribution in [0.25, 0.3) is 0 Å². The summed E-state index contributed by atoms with van der Waals surface area (Å²) in [6, 6.07) is 17.5. The summed E-state index contributed by atoms with van der Waals surface area (Å²) in [5, 5.41) is 2.70. The average Bonchev–Trinajstić information content (AvgIpc) is 2.87. The van der Waals surface area contributed by atoms with Crippen LogP contribution in [-0.2, 0) is 26.2 Å². The molecule has 0 aliphatic rings. The van der Waals surface area contributed by atoms with Crippen LogP contribution in [0.15, 0.2) is 71.6 Å². The molecule has 37 heavy (non-hydrogen) atoms. The van der Waals surface area contributed by atoms with Crippen molar-refractivity contribution in [1.29, 1.82) is 0 Å². The third-order valence-electron chi connectivity index (χ3n) is 5.94. The number of hydrogen-bond acceptors (Lipinski definition) is 4. The second-order valence-electron chi connectivity index (χ2n) is 8.70. The molecular formula is C27H29Cl2N3O4S. The molecule has 196 valence electrons. The van der Waals surface area contributed by atoms with Crippen molar-refractivity contribution in [3.05, 3.63) is 93.5 Å². The summed E-state index contributed by atoms with van der Waals surface area (Å²) in [5.41, 5.74) is 2.74. The Balaban J connectivity index is 2.08. The highest BCUT2D eigenvalue weighted by Crippen LogP contribution is 2.35. The average molecular weight is 563 g/mol. The number of nitrogens with zero attached hydrogens (tertiary/aromatic N) is 2. The SMILES string of the molecule is CNC(=O)[C@@H](C)N(Cc1cccc(C)c1)C(=O)CN(c1cccc(Cl)c1Cl)S(=O)(=O)c1ccc(C)cc1. The van der Waals surface area contributed by atoms with Crippen molar-refractivity contribution in [2.75, 3.05) is 17.9 Å². The number of halogens is 2. The van der Waals surface area contributed by atoms with E-state index < -0.39 is 28.5 Å². The zero-order valence-corrected chi connectivity index (χ0v) is 23.4. The van der Waals surface area contributed by atoms with E-state index in [1.807, 2.05) is 38.1 Å². The number of sulfonamides is 1. The molecule has 7 nitrogen and oxygen atoms in total. The second-order valence-corrected chi connectivity index (χ2v) is 11.3.